The van der Waals surface area contributed by atoms with E-state index in [9.17, 15) is 5.11 Å². The lowest BCUT2D eigenvalue weighted by Gasteiger charge is -2.34. The van der Waals surface area contributed by atoms with Gasteiger partial charge in [-0.15, -0.1) is 0 Å². The fourth-order valence-corrected chi connectivity index (χ4v) is 7.02. The smallest absolute Gasteiger partial charge is 0.0751 e. The first kappa shape index (κ1) is 11.9. The molecule has 110 valence electrons. The van der Waals surface area contributed by atoms with Crippen molar-refractivity contribution in [1.82, 2.24) is 0 Å². The van der Waals surface area contributed by atoms with Crippen molar-refractivity contribution in [3.8, 4) is 0 Å². The van der Waals surface area contributed by atoms with Crippen LogP contribution in [0.3, 0.4) is 0 Å². The summed E-state index contributed by atoms with van der Waals surface area (Å²) in [5, 5.41) is 11.2. The summed E-state index contributed by atoms with van der Waals surface area (Å²) in [7, 11) is 0. The van der Waals surface area contributed by atoms with Gasteiger partial charge < -0.3 is 5.11 Å². The van der Waals surface area contributed by atoms with Gasteiger partial charge in [-0.1, -0.05) is 60.7 Å². The molecule has 0 aliphatic heterocycles. The Kier molecular flexibility index (Phi) is 1.98. The largest absolute Gasteiger partial charge is 0.389 e. The molecule has 2 aromatic carbocycles. The third-order valence-electron chi connectivity index (χ3n) is 7.44. The molecule has 0 radical (unpaired) electrons. The molecule has 1 heteroatoms. The van der Waals surface area contributed by atoms with Crippen LogP contribution in [-0.4, -0.2) is 10.7 Å². The zero-order chi connectivity index (χ0) is 14.5. The molecule has 5 fully saturated rings. The molecule has 1 N–H and O–H groups in total. The summed E-state index contributed by atoms with van der Waals surface area (Å²) >= 11 is 0. The van der Waals surface area contributed by atoms with Crippen LogP contribution in [0.15, 0.2) is 60.7 Å². The second-order valence-corrected chi connectivity index (χ2v) is 7.90. The van der Waals surface area contributed by atoms with Crippen molar-refractivity contribution in [2.24, 2.45) is 29.6 Å². The second-order valence-electron chi connectivity index (χ2n) is 7.90. The van der Waals surface area contributed by atoms with Crippen LogP contribution in [0.5, 0.6) is 0 Å². The van der Waals surface area contributed by atoms with Crippen LogP contribution < -0.4 is 0 Å². The van der Waals surface area contributed by atoms with Gasteiger partial charge in [0.2, 0.25) is 0 Å². The zero-order valence-corrected chi connectivity index (χ0v) is 12.5. The van der Waals surface area contributed by atoms with Gasteiger partial charge in [-0.25, -0.2) is 0 Å². The summed E-state index contributed by atoms with van der Waals surface area (Å²) in [4.78, 5) is 0. The molecule has 0 amide bonds. The Morgan fingerprint density at radius 2 is 1.36 bits per heavy atom. The first-order chi connectivity index (χ1) is 10.8. The second kappa shape index (κ2) is 3.65. The van der Waals surface area contributed by atoms with Gasteiger partial charge in [0, 0.05) is 0 Å². The van der Waals surface area contributed by atoms with E-state index in [0.29, 0.717) is 35.5 Å². The molecule has 5 saturated carbocycles. The highest BCUT2D eigenvalue weighted by atomic mass is 16.3. The topological polar surface area (TPSA) is 20.2 Å². The van der Waals surface area contributed by atoms with E-state index >= 15 is 0 Å². The summed E-state index contributed by atoms with van der Waals surface area (Å²) in [6, 6.07) is 22.0. The van der Waals surface area contributed by atoms with E-state index in [4.69, 9.17) is 0 Å². The molecule has 0 heterocycles. The van der Waals surface area contributed by atoms with Crippen LogP contribution in [0.4, 0.5) is 0 Å². The van der Waals surface area contributed by atoms with Gasteiger partial charge in [0.15, 0.2) is 0 Å². The summed E-state index contributed by atoms with van der Waals surface area (Å²) in [6.45, 7) is 0. The van der Waals surface area contributed by atoms with Crippen LogP contribution in [0.2, 0.25) is 0 Å². The van der Waals surface area contributed by atoms with Gasteiger partial charge in [-0.3, -0.25) is 0 Å². The van der Waals surface area contributed by atoms with E-state index in [1.807, 2.05) is 0 Å². The Labute approximate surface area is 131 Å². The molecule has 2 aromatic rings. The number of benzene rings is 2. The standard InChI is InChI=1S/C21H20O/c22-21-15-11-14-18(20(15)21)16(12-7-3-1-4-8-12)17(19(14)21)13-9-5-2-6-10-13/h1-10,14-20,22H,11H2/t14?,15?,16?,17?,18?,19?,20-,21+/m0/s1. The third-order valence-corrected chi connectivity index (χ3v) is 7.44. The quantitative estimate of drug-likeness (QED) is 0.891. The van der Waals surface area contributed by atoms with Crippen molar-refractivity contribution in [2.45, 2.75) is 23.9 Å². The molecule has 7 rings (SSSR count). The zero-order valence-electron chi connectivity index (χ0n) is 12.5. The maximum absolute atomic E-state index is 11.2. The summed E-state index contributed by atoms with van der Waals surface area (Å²) in [5.74, 6) is 4.31. The normalized spacial score (nSPS) is 49.6. The van der Waals surface area contributed by atoms with Gasteiger partial charge in [0.1, 0.15) is 0 Å². The van der Waals surface area contributed by atoms with Crippen molar-refractivity contribution < 1.29 is 5.11 Å². The Balaban J connectivity index is 1.54. The van der Waals surface area contributed by atoms with Gasteiger partial charge in [0.05, 0.1) is 5.60 Å². The lowest BCUT2D eigenvalue weighted by atomic mass is 9.71. The summed E-state index contributed by atoms with van der Waals surface area (Å²) < 4.78 is 0. The SMILES string of the molecule is O[C@@]12C3C4CC1[C@H]2C4C(c1ccccc1)C3c1ccccc1. The third kappa shape index (κ3) is 1.12. The first-order valence-corrected chi connectivity index (χ1v) is 8.64. The van der Waals surface area contributed by atoms with Gasteiger partial charge in [-0.2, -0.15) is 0 Å². The fraction of sp³-hybridized carbons (Fsp3) is 0.429. The lowest BCUT2D eigenvalue weighted by Crippen LogP contribution is -2.31. The summed E-state index contributed by atoms with van der Waals surface area (Å²) in [6.07, 6.45) is 1.28. The minimum Gasteiger partial charge on any atom is -0.389 e. The Morgan fingerprint density at radius 3 is 1.95 bits per heavy atom. The number of rotatable bonds is 2. The minimum atomic E-state index is -0.304. The molecule has 6 bridgehead atoms. The molecule has 0 aromatic heterocycles. The van der Waals surface area contributed by atoms with E-state index in [1.54, 1.807) is 0 Å². The Hall–Kier alpha value is -1.60. The van der Waals surface area contributed by atoms with Crippen molar-refractivity contribution in [3.05, 3.63) is 71.8 Å². The average Bonchev–Trinajstić information content (AvgIpc) is 2.96. The van der Waals surface area contributed by atoms with E-state index in [0.717, 1.165) is 5.92 Å². The van der Waals surface area contributed by atoms with Crippen molar-refractivity contribution in [2.75, 3.05) is 0 Å². The number of hydrogen-bond acceptors (Lipinski definition) is 1. The molecule has 5 aliphatic rings. The molecular formula is C21H20O. The van der Waals surface area contributed by atoms with Crippen LogP contribution >= 0.6 is 0 Å². The van der Waals surface area contributed by atoms with E-state index in [2.05, 4.69) is 60.7 Å². The highest BCUT2D eigenvalue weighted by molar-refractivity contribution is 5.46. The van der Waals surface area contributed by atoms with E-state index in [1.165, 1.54) is 17.5 Å². The first-order valence-electron chi connectivity index (χ1n) is 8.64. The van der Waals surface area contributed by atoms with Gasteiger partial charge in [-0.05, 0) is 59.0 Å². The van der Waals surface area contributed by atoms with Crippen LogP contribution in [0.1, 0.15) is 29.4 Å². The van der Waals surface area contributed by atoms with Crippen molar-refractivity contribution >= 4 is 0 Å². The van der Waals surface area contributed by atoms with Crippen molar-refractivity contribution in [3.63, 3.8) is 0 Å². The minimum absolute atomic E-state index is 0.304. The molecule has 1 nitrogen and oxygen atoms in total. The summed E-state index contributed by atoms with van der Waals surface area (Å²) in [5.41, 5.74) is 2.62. The highest BCUT2D eigenvalue weighted by Gasteiger charge is 2.88. The maximum Gasteiger partial charge on any atom is 0.0751 e. The molecule has 6 unspecified atom stereocenters. The number of aliphatic hydroxyl groups is 1. The van der Waals surface area contributed by atoms with Gasteiger partial charge in [0.25, 0.3) is 0 Å². The fourth-order valence-electron chi connectivity index (χ4n) is 7.02. The maximum atomic E-state index is 11.2. The van der Waals surface area contributed by atoms with Crippen molar-refractivity contribution in [1.29, 1.82) is 0 Å². The molecule has 8 atom stereocenters. The predicted octanol–water partition coefficient (Wildman–Crippen LogP) is 3.81. The average molecular weight is 288 g/mol. The Morgan fingerprint density at radius 1 is 0.773 bits per heavy atom. The Bertz CT molecular complexity index is 739. The highest BCUT2D eigenvalue weighted by Crippen LogP contribution is 2.87. The molecule has 5 aliphatic carbocycles. The van der Waals surface area contributed by atoms with Crippen LogP contribution in [0.25, 0.3) is 0 Å². The van der Waals surface area contributed by atoms with E-state index < -0.39 is 0 Å². The molecule has 22 heavy (non-hydrogen) atoms. The van der Waals surface area contributed by atoms with E-state index in [-0.39, 0.29) is 5.60 Å². The predicted molar refractivity (Wildman–Crippen MR) is 85.4 cm³/mol. The lowest BCUT2D eigenvalue weighted by molar-refractivity contribution is 0.0613. The van der Waals surface area contributed by atoms with Crippen LogP contribution in [0, 0.1) is 29.6 Å². The molecular weight excluding hydrogens is 268 g/mol. The van der Waals surface area contributed by atoms with Gasteiger partial charge >= 0.3 is 0 Å². The molecule has 0 saturated heterocycles. The number of hydrogen-bond donors (Lipinski definition) is 1. The monoisotopic (exact) mass is 288 g/mol. The van der Waals surface area contributed by atoms with Crippen LogP contribution in [-0.2, 0) is 0 Å². The molecule has 0 spiro atoms.